The van der Waals surface area contributed by atoms with Gasteiger partial charge in [-0.3, -0.25) is 18.9 Å². The van der Waals surface area contributed by atoms with E-state index in [4.69, 9.17) is 24.5 Å². The number of aromatic nitrogens is 4. The summed E-state index contributed by atoms with van der Waals surface area (Å²) in [6, 6.07) is 0. The second-order valence-electron chi connectivity index (χ2n) is 6.83. The summed E-state index contributed by atoms with van der Waals surface area (Å²) in [6.07, 6.45) is 1.46. The number of aromatic amines is 1. The maximum Gasteiger partial charge on any atom is 0.346 e. The Morgan fingerprint density at radius 1 is 1.10 bits per heavy atom. The van der Waals surface area contributed by atoms with Crippen LogP contribution in [0.3, 0.4) is 0 Å². The lowest BCUT2D eigenvalue weighted by atomic mass is 10.5. The monoisotopic (exact) mass is 443 g/mol. The van der Waals surface area contributed by atoms with Crippen LogP contribution in [0.1, 0.15) is 0 Å². The predicted molar refractivity (Wildman–Crippen MR) is 107 cm³/mol. The summed E-state index contributed by atoms with van der Waals surface area (Å²) in [5.41, 5.74) is 5.71. The van der Waals surface area contributed by atoms with E-state index in [0.717, 1.165) is 0 Å². The molecule has 30 heavy (non-hydrogen) atoms. The molecule has 0 atom stereocenters. The highest BCUT2D eigenvalue weighted by Crippen LogP contribution is 2.54. The Morgan fingerprint density at radius 2 is 1.73 bits per heavy atom. The standard InChI is InChI=1S/C16H26N7O6P/c17-16-19-14-13(15(24)20-16)18-11-21(14)12-28-9-10-29-30(25,22-1-5-26-6-2-22)23-3-7-27-8-4-23/h11H,1-10,12H2,(H3,17,19,20,24). The van der Waals surface area contributed by atoms with Crippen molar-refractivity contribution in [1.82, 2.24) is 28.9 Å². The van der Waals surface area contributed by atoms with Crippen LogP contribution < -0.4 is 11.3 Å². The molecule has 4 rings (SSSR count). The van der Waals surface area contributed by atoms with Gasteiger partial charge < -0.3 is 24.5 Å². The van der Waals surface area contributed by atoms with Gasteiger partial charge in [0, 0.05) is 26.2 Å². The second-order valence-corrected chi connectivity index (χ2v) is 9.20. The molecule has 0 aliphatic carbocycles. The number of nitrogens with zero attached hydrogens (tertiary/aromatic N) is 5. The fourth-order valence-electron chi connectivity index (χ4n) is 3.40. The van der Waals surface area contributed by atoms with E-state index in [2.05, 4.69) is 15.0 Å². The summed E-state index contributed by atoms with van der Waals surface area (Å²) in [4.78, 5) is 22.3. The van der Waals surface area contributed by atoms with Gasteiger partial charge in [-0.15, -0.1) is 0 Å². The molecule has 4 heterocycles. The number of H-pyrrole nitrogens is 1. The minimum atomic E-state index is -3.19. The Bertz CT molecular complexity index is 931. The molecule has 2 aliphatic rings. The van der Waals surface area contributed by atoms with Crippen LogP contribution in [0.15, 0.2) is 11.1 Å². The Labute approximate surface area is 172 Å². The molecule has 0 spiro atoms. The van der Waals surface area contributed by atoms with Crippen molar-refractivity contribution in [2.75, 3.05) is 71.6 Å². The van der Waals surface area contributed by atoms with E-state index in [1.54, 1.807) is 4.57 Å². The summed E-state index contributed by atoms with van der Waals surface area (Å²) in [7, 11) is -3.19. The first-order valence-corrected chi connectivity index (χ1v) is 11.3. The fourth-order valence-corrected chi connectivity index (χ4v) is 5.73. The second kappa shape index (κ2) is 9.52. The molecule has 166 valence electrons. The average Bonchev–Trinajstić information content (AvgIpc) is 3.17. The maximum atomic E-state index is 13.8. The van der Waals surface area contributed by atoms with Crippen molar-refractivity contribution in [3.63, 3.8) is 0 Å². The van der Waals surface area contributed by atoms with Gasteiger partial charge in [0.1, 0.15) is 6.73 Å². The molecule has 3 N–H and O–H groups in total. The molecule has 0 radical (unpaired) electrons. The van der Waals surface area contributed by atoms with Crippen LogP contribution in [0.4, 0.5) is 5.95 Å². The number of morpholine rings is 2. The molecule has 0 aromatic carbocycles. The van der Waals surface area contributed by atoms with Gasteiger partial charge in [0.2, 0.25) is 5.95 Å². The normalized spacial score (nSPS) is 19.5. The van der Waals surface area contributed by atoms with E-state index in [-0.39, 0.29) is 31.4 Å². The molecule has 2 aromatic rings. The number of hydrogen-bond acceptors (Lipinski definition) is 9. The lowest BCUT2D eigenvalue weighted by Gasteiger charge is -2.41. The van der Waals surface area contributed by atoms with E-state index in [0.29, 0.717) is 58.3 Å². The SMILES string of the molecule is Nc1nc2c(ncn2COCCOP(=O)(N2CCOCC2)N2CCOCC2)c(=O)[nH]1. The van der Waals surface area contributed by atoms with Gasteiger partial charge in [-0.05, 0) is 0 Å². The van der Waals surface area contributed by atoms with E-state index < -0.39 is 13.2 Å². The smallest absolute Gasteiger partial charge is 0.346 e. The number of fused-ring (bicyclic) bond motifs is 1. The molecule has 13 nitrogen and oxygen atoms in total. The number of nitrogens with one attached hydrogen (secondary N) is 1. The van der Waals surface area contributed by atoms with Gasteiger partial charge >= 0.3 is 7.67 Å². The maximum absolute atomic E-state index is 13.8. The van der Waals surface area contributed by atoms with Gasteiger partial charge in [0.05, 0.1) is 46.0 Å². The molecule has 0 amide bonds. The third-order valence-electron chi connectivity index (χ3n) is 4.90. The number of hydrogen-bond donors (Lipinski definition) is 2. The van der Waals surface area contributed by atoms with E-state index in [9.17, 15) is 9.36 Å². The highest BCUT2D eigenvalue weighted by Gasteiger charge is 2.40. The zero-order valence-corrected chi connectivity index (χ0v) is 17.5. The van der Waals surface area contributed by atoms with E-state index in [1.807, 2.05) is 9.34 Å². The molecule has 2 saturated heterocycles. The van der Waals surface area contributed by atoms with Crippen molar-refractivity contribution >= 4 is 24.8 Å². The van der Waals surface area contributed by atoms with Gasteiger partial charge in [-0.1, -0.05) is 0 Å². The lowest BCUT2D eigenvalue weighted by Crippen LogP contribution is -2.44. The minimum absolute atomic E-state index is 0.00884. The molecule has 2 aliphatic heterocycles. The molecule has 0 unspecified atom stereocenters. The Balaban J connectivity index is 1.34. The van der Waals surface area contributed by atoms with Crippen LogP contribution in [0.25, 0.3) is 11.2 Å². The highest BCUT2D eigenvalue weighted by atomic mass is 31.2. The van der Waals surface area contributed by atoms with Crippen molar-refractivity contribution in [2.24, 2.45) is 0 Å². The Morgan fingerprint density at radius 3 is 2.37 bits per heavy atom. The molecule has 2 aromatic heterocycles. The van der Waals surface area contributed by atoms with Crippen LogP contribution in [0, 0.1) is 0 Å². The fraction of sp³-hybridized carbons (Fsp3) is 0.688. The Kier molecular flexibility index (Phi) is 6.78. The van der Waals surface area contributed by atoms with Gasteiger partial charge in [0.15, 0.2) is 11.2 Å². The summed E-state index contributed by atoms with van der Waals surface area (Å²) in [5.74, 6) is 0.00884. The first kappa shape index (κ1) is 21.4. The van der Waals surface area contributed by atoms with Crippen molar-refractivity contribution in [3.05, 3.63) is 16.7 Å². The molecular weight excluding hydrogens is 417 g/mol. The third kappa shape index (κ3) is 4.57. The minimum Gasteiger partial charge on any atom is -0.379 e. The van der Waals surface area contributed by atoms with Gasteiger partial charge in [-0.2, -0.15) is 4.98 Å². The zero-order valence-electron chi connectivity index (χ0n) is 16.6. The summed E-state index contributed by atoms with van der Waals surface area (Å²) < 4.78 is 41.4. The predicted octanol–water partition coefficient (Wildman–Crippen LogP) is -0.535. The number of nitrogens with two attached hydrogens (primary N) is 1. The molecule has 14 heteroatoms. The molecule has 2 fully saturated rings. The summed E-state index contributed by atoms with van der Waals surface area (Å²) >= 11 is 0. The third-order valence-corrected chi connectivity index (χ3v) is 7.65. The van der Waals surface area contributed by atoms with Crippen LogP contribution in [0.5, 0.6) is 0 Å². The summed E-state index contributed by atoms with van der Waals surface area (Å²) in [6.45, 7) is 4.77. The first-order chi connectivity index (χ1) is 14.6. The van der Waals surface area contributed by atoms with E-state index >= 15 is 0 Å². The average molecular weight is 443 g/mol. The number of anilines is 1. The summed E-state index contributed by atoms with van der Waals surface area (Å²) in [5, 5.41) is 0. The first-order valence-electron chi connectivity index (χ1n) is 9.77. The number of imidazole rings is 1. The molecule has 0 bridgehead atoms. The molecular formula is C16H26N7O6P. The van der Waals surface area contributed by atoms with Crippen LogP contribution in [-0.2, 0) is 30.0 Å². The van der Waals surface area contributed by atoms with Crippen molar-refractivity contribution in [2.45, 2.75) is 6.73 Å². The highest BCUT2D eigenvalue weighted by molar-refractivity contribution is 7.54. The van der Waals surface area contributed by atoms with Crippen molar-refractivity contribution in [3.8, 4) is 0 Å². The number of nitrogen functional groups attached to an aromatic ring is 1. The van der Waals surface area contributed by atoms with Crippen LogP contribution in [-0.4, -0.2) is 94.7 Å². The van der Waals surface area contributed by atoms with Gasteiger partial charge in [-0.25, -0.2) is 14.3 Å². The topological polar surface area (TPSA) is 150 Å². The molecule has 0 saturated carbocycles. The van der Waals surface area contributed by atoms with Gasteiger partial charge in [0.25, 0.3) is 5.56 Å². The van der Waals surface area contributed by atoms with Crippen LogP contribution in [0.2, 0.25) is 0 Å². The van der Waals surface area contributed by atoms with Crippen molar-refractivity contribution in [1.29, 1.82) is 0 Å². The zero-order chi connectivity index (χ0) is 21.0. The quantitative estimate of drug-likeness (QED) is 0.400. The van der Waals surface area contributed by atoms with Crippen molar-refractivity contribution < 1.29 is 23.3 Å². The van der Waals surface area contributed by atoms with Crippen LogP contribution >= 0.6 is 7.67 Å². The van der Waals surface area contributed by atoms with E-state index in [1.165, 1.54) is 6.33 Å². The largest absolute Gasteiger partial charge is 0.379 e. The number of ether oxygens (including phenoxy) is 3. The number of rotatable bonds is 8. The lowest BCUT2D eigenvalue weighted by molar-refractivity contribution is 0.0239. The Hall–Kier alpha value is -1.86.